The second-order valence-corrected chi connectivity index (χ2v) is 8.35. The van der Waals surface area contributed by atoms with E-state index >= 15 is 0 Å². The van der Waals surface area contributed by atoms with E-state index < -0.39 is 5.82 Å². The smallest absolute Gasteiger partial charge is 0.170 e. The summed E-state index contributed by atoms with van der Waals surface area (Å²) in [5, 5.41) is 0. The first-order chi connectivity index (χ1) is 14.0. The summed E-state index contributed by atoms with van der Waals surface area (Å²) in [7, 11) is 0. The molecule has 0 aliphatic heterocycles. The van der Waals surface area contributed by atoms with Crippen LogP contribution in [0.2, 0.25) is 0 Å². The van der Waals surface area contributed by atoms with Crippen LogP contribution in [0.15, 0.2) is 60.7 Å². The highest BCUT2D eigenvalue weighted by Crippen LogP contribution is 2.35. The third kappa shape index (κ3) is 4.32. The van der Waals surface area contributed by atoms with Crippen molar-refractivity contribution < 1.29 is 9.18 Å². The highest BCUT2D eigenvalue weighted by Gasteiger charge is 2.18. The van der Waals surface area contributed by atoms with E-state index in [1.54, 1.807) is 6.92 Å². The second-order valence-electron chi connectivity index (χ2n) is 8.35. The summed E-state index contributed by atoms with van der Waals surface area (Å²) < 4.78 is 14.4. The molecule has 148 valence electrons. The Hall–Kier alpha value is -2.74. The highest BCUT2D eigenvalue weighted by molar-refractivity contribution is 5.99. The Morgan fingerprint density at radius 2 is 1.62 bits per heavy atom. The molecule has 0 amide bonds. The van der Waals surface area contributed by atoms with Crippen LogP contribution in [-0.4, -0.2) is 5.78 Å². The monoisotopic (exact) mass is 386 g/mol. The van der Waals surface area contributed by atoms with E-state index in [4.69, 9.17) is 0 Å². The molecule has 1 fully saturated rings. The van der Waals surface area contributed by atoms with Crippen molar-refractivity contribution in [1.82, 2.24) is 0 Å². The van der Waals surface area contributed by atoms with E-state index in [2.05, 4.69) is 36.4 Å². The zero-order chi connectivity index (χ0) is 20.4. The van der Waals surface area contributed by atoms with Crippen molar-refractivity contribution in [2.75, 3.05) is 0 Å². The SMILES string of the molecule is Cc1cc(C)c(C(=O)Cc2cccc(-c3cccc(C4CCCC4)c3)c2)c(F)c1. The number of aryl methyl sites for hydroxylation is 2. The molecule has 1 aliphatic carbocycles. The number of hydrogen-bond donors (Lipinski definition) is 0. The number of hydrogen-bond acceptors (Lipinski definition) is 1. The summed E-state index contributed by atoms with van der Waals surface area (Å²) in [6.07, 6.45) is 5.40. The first kappa shape index (κ1) is 19.6. The maximum atomic E-state index is 14.4. The van der Waals surface area contributed by atoms with E-state index in [0.29, 0.717) is 11.5 Å². The van der Waals surface area contributed by atoms with Gasteiger partial charge in [0.1, 0.15) is 5.82 Å². The van der Waals surface area contributed by atoms with Gasteiger partial charge in [-0.25, -0.2) is 4.39 Å². The predicted molar refractivity (Wildman–Crippen MR) is 117 cm³/mol. The summed E-state index contributed by atoms with van der Waals surface area (Å²) >= 11 is 0. The lowest BCUT2D eigenvalue weighted by molar-refractivity contribution is 0.0988. The van der Waals surface area contributed by atoms with Crippen molar-refractivity contribution in [3.8, 4) is 11.1 Å². The van der Waals surface area contributed by atoms with Gasteiger partial charge >= 0.3 is 0 Å². The first-order valence-corrected chi connectivity index (χ1v) is 10.5. The molecule has 0 unspecified atom stereocenters. The summed E-state index contributed by atoms with van der Waals surface area (Å²) in [4.78, 5) is 12.8. The van der Waals surface area contributed by atoms with E-state index in [1.165, 1.54) is 42.9 Å². The second kappa shape index (κ2) is 8.32. The molecule has 4 rings (SSSR count). The molecule has 0 N–H and O–H groups in total. The van der Waals surface area contributed by atoms with Gasteiger partial charge in [0.05, 0.1) is 5.56 Å². The third-order valence-electron chi connectivity index (χ3n) is 6.05. The molecule has 2 heteroatoms. The highest BCUT2D eigenvalue weighted by atomic mass is 19.1. The molecule has 3 aromatic rings. The largest absolute Gasteiger partial charge is 0.294 e. The van der Waals surface area contributed by atoms with E-state index in [-0.39, 0.29) is 17.8 Å². The average Bonchev–Trinajstić information content (AvgIpc) is 3.22. The normalized spacial score (nSPS) is 14.3. The average molecular weight is 387 g/mol. The van der Waals surface area contributed by atoms with Crippen molar-refractivity contribution in [2.24, 2.45) is 0 Å². The Morgan fingerprint density at radius 3 is 2.34 bits per heavy atom. The number of Topliss-reactive ketones (excluding diaryl/α,β-unsaturated/α-hetero) is 1. The Morgan fingerprint density at radius 1 is 0.931 bits per heavy atom. The van der Waals surface area contributed by atoms with Crippen LogP contribution >= 0.6 is 0 Å². The Kier molecular flexibility index (Phi) is 5.62. The van der Waals surface area contributed by atoms with Gasteiger partial charge in [-0.2, -0.15) is 0 Å². The van der Waals surface area contributed by atoms with Crippen molar-refractivity contribution >= 4 is 5.78 Å². The maximum absolute atomic E-state index is 14.4. The molecule has 1 aliphatic rings. The molecule has 3 aromatic carbocycles. The van der Waals surface area contributed by atoms with Crippen LogP contribution in [0.1, 0.15) is 64.2 Å². The molecule has 0 radical (unpaired) electrons. The van der Waals surface area contributed by atoms with Crippen LogP contribution in [0, 0.1) is 19.7 Å². The van der Waals surface area contributed by atoms with Gasteiger partial charge < -0.3 is 0 Å². The molecule has 0 saturated heterocycles. The summed E-state index contributed by atoms with van der Waals surface area (Å²) in [6.45, 7) is 3.64. The quantitative estimate of drug-likeness (QED) is 0.424. The summed E-state index contributed by atoms with van der Waals surface area (Å²) in [5.74, 6) is 0.0805. The Balaban J connectivity index is 1.58. The van der Waals surface area contributed by atoms with Crippen LogP contribution in [0.5, 0.6) is 0 Å². The molecule has 29 heavy (non-hydrogen) atoms. The molecule has 0 aromatic heterocycles. The van der Waals surface area contributed by atoms with Crippen molar-refractivity contribution in [3.63, 3.8) is 0 Å². The third-order valence-corrected chi connectivity index (χ3v) is 6.05. The van der Waals surface area contributed by atoms with E-state index in [0.717, 1.165) is 16.7 Å². The number of carbonyl (C=O) groups excluding carboxylic acids is 1. The summed E-state index contributed by atoms with van der Waals surface area (Å²) in [5.41, 5.74) is 6.37. The number of carbonyl (C=O) groups is 1. The van der Waals surface area contributed by atoms with Gasteiger partial charge in [-0.15, -0.1) is 0 Å². The lowest BCUT2D eigenvalue weighted by Crippen LogP contribution is -2.09. The molecule has 1 saturated carbocycles. The molecule has 0 bridgehead atoms. The van der Waals surface area contributed by atoms with Gasteiger partial charge in [0.15, 0.2) is 5.78 Å². The topological polar surface area (TPSA) is 17.1 Å². The molecular weight excluding hydrogens is 359 g/mol. The van der Waals surface area contributed by atoms with Crippen LogP contribution in [0.4, 0.5) is 4.39 Å². The van der Waals surface area contributed by atoms with E-state index in [9.17, 15) is 9.18 Å². The summed E-state index contributed by atoms with van der Waals surface area (Å²) in [6, 6.07) is 20.2. The first-order valence-electron chi connectivity index (χ1n) is 10.5. The zero-order valence-electron chi connectivity index (χ0n) is 17.2. The van der Waals surface area contributed by atoms with Crippen LogP contribution in [-0.2, 0) is 6.42 Å². The zero-order valence-corrected chi connectivity index (χ0v) is 17.2. The number of rotatable bonds is 5. The van der Waals surface area contributed by atoms with Gasteiger partial charge in [0.2, 0.25) is 0 Å². The number of ketones is 1. The fraction of sp³-hybridized carbons (Fsp3) is 0.296. The molecular formula is C27H27FO. The lowest BCUT2D eigenvalue weighted by atomic mass is 9.92. The van der Waals surface area contributed by atoms with Crippen LogP contribution < -0.4 is 0 Å². The maximum Gasteiger partial charge on any atom is 0.170 e. The Bertz CT molecular complexity index is 1020. The van der Waals surface area contributed by atoms with Crippen molar-refractivity contribution in [3.05, 3.63) is 94.3 Å². The van der Waals surface area contributed by atoms with Gasteiger partial charge in [-0.3, -0.25) is 4.79 Å². The van der Waals surface area contributed by atoms with Crippen LogP contribution in [0.3, 0.4) is 0 Å². The standard InChI is InChI=1S/C27H27FO/c1-18-13-19(2)27(25(28)14-18)26(29)16-20-7-5-10-22(15-20)24-12-6-11-23(17-24)21-8-3-4-9-21/h5-7,10-15,17,21H,3-4,8-9,16H2,1-2H3. The van der Waals surface area contributed by atoms with Crippen LogP contribution in [0.25, 0.3) is 11.1 Å². The van der Waals surface area contributed by atoms with Gasteiger partial charge in [-0.1, -0.05) is 67.4 Å². The van der Waals surface area contributed by atoms with Gasteiger partial charge in [-0.05, 0) is 72.1 Å². The van der Waals surface area contributed by atoms with E-state index in [1.807, 2.05) is 25.1 Å². The van der Waals surface area contributed by atoms with Crippen molar-refractivity contribution in [1.29, 1.82) is 0 Å². The molecule has 0 spiro atoms. The minimum Gasteiger partial charge on any atom is -0.294 e. The minimum atomic E-state index is -0.423. The van der Waals surface area contributed by atoms with Gasteiger partial charge in [0.25, 0.3) is 0 Å². The minimum absolute atomic E-state index is 0.170. The van der Waals surface area contributed by atoms with Crippen molar-refractivity contribution in [2.45, 2.75) is 51.9 Å². The number of benzene rings is 3. The predicted octanol–water partition coefficient (Wildman–Crippen LogP) is 7.19. The molecule has 1 nitrogen and oxygen atoms in total. The Labute approximate surface area is 172 Å². The fourth-order valence-electron chi connectivity index (χ4n) is 4.63. The molecule has 0 heterocycles. The van der Waals surface area contributed by atoms with Gasteiger partial charge in [0, 0.05) is 6.42 Å². The number of halogens is 1. The lowest BCUT2D eigenvalue weighted by Gasteiger charge is -2.12. The fourth-order valence-corrected chi connectivity index (χ4v) is 4.63. The molecule has 0 atom stereocenters.